The smallest absolute Gasteiger partial charge is 0.215 e. The minimum absolute atomic E-state index is 0.146. The molecule has 3 heterocycles. The summed E-state index contributed by atoms with van der Waals surface area (Å²) in [6, 6.07) is 9.30. The van der Waals surface area contributed by atoms with Crippen molar-refractivity contribution in [3.8, 4) is 5.88 Å². The number of aromatic nitrogens is 4. The molecule has 0 amide bonds. The second kappa shape index (κ2) is 7.19. The molecule has 144 valence electrons. The third-order valence-corrected chi connectivity index (χ3v) is 5.36. The van der Waals surface area contributed by atoms with Crippen LogP contribution >= 0.6 is 0 Å². The maximum absolute atomic E-state index is 14.6. The lowest BCUT2D eigenvalue weighted by molar-refractivity contribution is 0.399. The summed E-state index contributed by atoms with van der Waals surface area (Å²) in [5, 5.41) is 0.899. The van der Waals surface area contributed by atoms with E-state index in [0.29, 0.717) is 18.1 Å². The van der Waals surface area contributed by atoms with Crippen molar-refractivity contribution in [3.05, 3.63) is 59.3 Å². The van der Waals surface area contributed by atoms with Crippen LogP contribution in [-0.2, 0) is 6.54 Å². The van der Waals surface area contributed by atoms with Gasteiger partial charge in [0.2, 0.25) is 5.88 Å². The van der Waals surface area contributed by atoms with E-state index in [1.54, 1.807) is 19.4 Å². The Morgan fingerprint density at radius 1 is 1.18 bits per heavy atom. The molecule has 0 aliphatic carbocycles. The van der Waals surface area contributed by atoms with Crippen LogP contribution < -0.4 is 4.74 Å². The number of aryl methyl sites for hydroxylation is 1. The highest BCUT2D eigenvalue weighted by atomic mass is 19.1. The molecule has 4 aromatic rings. The predicted octanol–water partition coefficient (Wildman–Crippen LogP) is 5.00. The Morgan fingerprint density at radius 2 is 2.00 bits per heavy atom. The van der Waals surface area contributed by atoms with Crippen molar-refractivity contribution in [3.63, 3.8) is 0 Å². The highest BCUT2D eigenvalue weighted by Gasteiger charge is 2.15. The summed E-state index contributed by atoms with van der Waals surface area (Å²) in [5.41, 5.74) is 4.02. The normalized spacial score (nSPS) is 12.6. The Kier molecular flexibility index (Phi) is 4.71. The molecular weight excluding hydrogens is 355 g/mol. The van der Waals surface area contributed by atoms with Gasteiger partial charge in [0.15, 0.2) is 5.65 Å². The summed E-state index contributed by atoms with van der Waals surface area (Å²) >= 11 is 0. The van der Waals surface area contributed by atoms with Crippen LogP contribution in [0.5, 0.6) is 5.88 Å². The first-order valence-corrected chi connectivity index (χ1v) is 9.46. The number of methoxy groups -OCH3 is 1. The fourth-order valence-electron chi connectivity index (χ4n) is 3.58. The molecule has 0 aliphatic rings. The van der Waals surface area contributed by atoms with Crippen molar-refractivity contribution in [1.82, 2.24) is 19.5 Å². The molecule has 1 unspecified atom stereocenters. The van der Waals surface area contributed by atoms with E-state index >= 15 is 0 Å². The number of ether oxygens (including phenoxy) is 1. The van der Waals surface area contributed by atoms with Gasteiger partial charge in [-0.2, -0.15) is 4.98 Å². The van der Waals surface area contributed by atoms with Gasteiger partial charge in [-0.3, -0.25) is 0 Å². The summed E-state index contributed by atoms with van der Waals surface area (Å²) in [4.78, 5) is 13.5. The van der Waals surface area contributed by atoms with Crippen LogP contribution in [0.4, 0.5) is 4.39 Å². The number of rotatable bonds is 5. The fraction of sp³-hybridized carbons (Fsp3) is 0.318. The van der Waals surface area contributed by atoms with E-state index < -0.39 is 0 Å². The van der Waals surface area contributed by atoms with Crippen molar-refractivity contribution >= 4 is 22.1 Å². The van der Waals surface area contributed by atoms with Crippen LogP contribution in [0.1, 0.15) is 43.1 Å². The Bertz CT molecular complexity index is 1170. The minimum atomic E-state index is -0.146. The molecule has 28 heavy (non-hydrogen) atoms. The second-order valence-electron chi connectivity index (χ2n) is 7.13. The van der Waals surface area contributed by atoms with Gasteiger partial charge in [-0.15, -0.1) is 0 Å². The first-order chi connectivity index (χ1) is 13.5. The molecule has 3 aromatic heterocycles. The van der Waals surface area contributed by atoms with Gasteiger partial charge in [0.1, 0.15) is 17.2 Å². The molecule has 0 saturated carbocycles. The maximum atomic E-state index is 14.6. The number of nitrogens with zero attached hydrogens (tertiary/aromatic N) is 4. The monoisotopic (exact) mass is 378 g/mol. The largest absolute Gasteiger partial charge is 0.481 e. The van der Waals surface area contributed by atoms with Crippen LogP contribution in [0, 0.1) is 12.7 Å². The number of pyridine rings is 2. The van der Waals surface area contributed by atoms with Gasteiger partial charge in [-0.05, 0) is 42.5 Å². The summed E-state index contributed by atoms with van der Waals surface area (Å²) in [6.45, 7) is 6.60. The van der Waals surface area contributed by atoms with Crippen LogP contribution in [-0.4, -0.2) is 26.6 Å². The van der Waals surface area contributed by atoms with Crippen LogP contribution in [0.25, 0.3) is 22.1 Å². The van der Waals surface area contributed by atoms with Gasteiger partial charge in [0.05, 0.1) is 18.8 Å². The van der Waals surface area contributed by atoms with Crippen molar-refractivity contribution in [2.45, 2.75) is 39.7 Å². The molecule has 4 rings (SSSR count). The highest BCUT2D eigenvalue weighted by molar-refractivity contribution is 6.01. The molecule has 0 fully saturated rings. The van der Waals surface area contributed by atoms with Gasteiger partial charge in [-0.25, -0.2) is 14.4 Å². The summed E-state index contributed by atoms with van der Waals surface area (Å²) in [6.07, 6.45) is 2.64. The fourth-order valence-corrected chi connectivity index (χ4v) is 3.58. The zero-order valence-electron chi connectivity index (χ0n) is 16.5. The van der Waals surface area contributed by atoms with Crippen LogP contribution in [0.3, 0.4) is 0 Å². The van der Waals surface area contributed by atoms with E-state index in [0.717, 1.165) is 39.8 Å². The standard InChI is InChI=1S/C22H23FN4O/c1-5-13(2)16-7-6-15(10-18(16)23)12-27-14(3)25-19-11-24-22-17(21(19)27)8-9-20(26-22)28-4/h6-11,13H,5,12H2,1-4H3. The van der Waals surface area contributed by atoms with Crippen molar-refractivity contribution < 1.29 is 9.13 Å². The number of halogens is 1. The summed E-state index contributed by atoms with van der Waals surface area (Å²) in [7, 11) is 1.58. The number of benzene rings is 1. The number of fused-ring (bicyclic) bond motifs is 3. The van der Waals surface area contributed by atoms with Crippen LogP contribution in [0.2, 0.25) is 0 Å². The van der Waals surface area contributed by atoms with Crippen molar-refractivity contribution in [2.75, 3.05) is 7.11 Å². The van der Waals surface area contributed by atoms with Crippen molar-refractivity contribution in [1.29, 1.82) is 0 Å². The van der Waals surface area contributed by atoms with Gasteiger partial charge in [0, 0.05) is 18.0 Å². The Hall–Kier alpha value is -3.02. The lowest BCUT2D eigenvalue weighted by Crippen LogP contribution is -2.04. The maximum Gasteiger partial charge on any atom is 0.215 e. The number of imidazole rings is 1. The molecule has 5 nitrogen and oxygen atoms in total. The molecule has 0 N–H and O–H groups in total. The van der Waals surface area contributed by atoms with E-state index in [4.69, 9.17) is 4.74 Å². The van der Waals surface area contributed by atoms with Crippen LogP contribution in [0.15, 0.2) is 36.5 Å². The van der Waals surface area contributed by atoms with Gasteiger partial charge in [0.25, 0.3) is 0 Å². The molecule has 0 radical (unpaired) electrons. The van der Waals surface area contributed by atoms with Crippen molar-refractivity contribution in [2.24, 2.45) is 0 Å². The minimum Gasteiger partial charge on any atom is -0.481 e. The average Bonchev–Trinajstić information content (AvgIpc) is 3.02. The zero-order chi connectivity index (χ0) is 19.8. The molecule has 6 heteroatoms. The molecule has 0 spiro atoms. The Labute approximate surface area is 163 Å². The lowest BCUT2D eigenvalue weighted by Gasteiger charge is -2.13. The third-order valence-electron chi connectivity index (χ3n) is 5.36. The first-order valence-electron chi connectivity index (χ1n) is 9.46. The van der Waals surface area contributed by atoms with E-state index in [1.807, 2.05) is 38.1 Å². The SMILES string of the molecule is CCC(C)c1ccc(Cn2c(C)nc3cnc4nc(OC)ccc4c32)cc1F. The van der Waals surface area contributed by atoms with E-state index in [2.05, 4.69) is 26.4 Å². The Balaban J connectivity index is 1.81. The highest BCUT2D eigenvalue weighted by Crippen LogP contribution is 2.27. The number of hydrogen-bond acceptors (Lipinski definition) is 4. The number of hydrogen-bond donors (Lipinski definition) is 0. The summed E-state index contributed by atoms with van der Waals surface area (Å²) in [5.74, 6) is 1.43. The summed E-state index contributed by atoms with van der Waals surface area (Å²) < 4.78 is 21.9. The van der Waals surface area contributed by atoms with E-state index in [1.165, 1.54) is 0 Å². The molecule has 1 atom stereocenters. The van der Waals surface area contributed by atoms with Gasteiger partial charge in [-0.1, -0.05) is 26.0 Å². The zero-order valence-corrected chi connectivity index (χ0v) is 16.5. The molecule has 0 aliphatic heterocycles. The average molecular weight is 378 g/mol. The van der Waals surface area contributed by atoms with Gasteiger partial charge < -0.3 is 9.30 Å². The molecule has 0 bridgehead atoms. The lowest BCUT2D eigenvalue weighted by atomic mass is 9.97. The second-order valence-corrected chi connectivity index (χ2v) is 7.13. The topological polar surface area (TPSA) is 52.8 Å². The predicted molar refractivity (Wildman–Crippen MR) is 108 cm³/mol. The Morgan fingerprint density at radius 3 is 2.71 bits per heavy atom. The third kappa shape index (κ3) is 3.09. The van der Waals surface area contributed by atoms with Gasteiger partial charge >= 0.3 is 0 Å². The molecule has 1 aromatic carbocycles. The molecular formula is C22H23FN4O. The van der Waals surface area contributed by atoms with E-state index in [-0.39, 0.29) is 11.7 Å². The van der Waals surface area contributed by atoms with E-state index in [9.17, 15) is 4.39 Å². The first kappa shape index (κ1) is 18.3. The molecule has 0 saturated heterocycles. The quantitative estimate of drug-likeness (QED) is 0.490.